The third kappa shape index (κ3) is 8.58. The van der Waals surface area contributed by atoms with Gasteiger partial charge in [0.25, 0.3) is 0 Å². The Labute approximate surface area is 94.3 Å². The first-order valence-electron chi connectivity index (χ1n) is 4.82. The molecule has 0 saturated heterocycles. The van der Waals surface area contributed by atoms with E-state index in [0.29, 0.717) is 12.8 Å². The van der Waals surface area contributed by atoms with E-state index in [9.17, 15) is 9.59 Å². The van der Waals surface area contributed by atoms with Gasteiger partial charge in [-0.25, -0.2) is 0 Å². The second-order valence-electron chi connectivity index (χ2n) is 2.85. The molecule has 0 atom stereocenters. The molecule has 0 aromatic carbocycles. The van der Waals surface area contributed by atoms with E-state index in [4.69, 9.17) is 16.4 Å². The molecule has 0 bridgehead atoms. The summed E-state index contributed by atoms with van der Waals surface area (Å²) in [6.07, 6.45) is 5.66. The number of hydrogen-bond acceptors (Lipinski definition) is 5. The number of carbonyl (C=O) groups excluding carboxylic acids is 2. The molecule has 0 rings (SSSR count). The molecule has 0 aliphatic rings. The lowest BCUT2D eigenvalue weighted by molar-refractivity contribution is -0.149. The molecule has 0 heterocycles. The van der Waals surface area contributed by atoms with Crippen LogP contribution in [0.2, 0.25) is 0 Å². The summed E-state index contributed by atoms with van der Waals surface area (Å²) in [7, 11) is 0. The van der Waals surface area contributed by atoms with Crippen molar-refractivity contribution >= 4 is 11.9 Å². The number of nitriles is 1. The van der Waals surface area contributed by atoms with Crippen molar-refractivity contribution in [2.24, 2.45) is 0 Å². The van der Waals surface area contributed by atoms with Gasteiger partial charge in [-0.15, -0.1) is 6.42 Å². The van der Waals surface area contributed by atoms with E-state index in [-0.39, 0.29) is 26.1 Å². The lowest BCUT2D eigenvalue weighted by Gasteiger charge is -2.03. The highest BCUT2D eigenvalue weighted by molar-refractivity contribution is 5.77. The maximum atomic E-state index is 11.0. The zero-order valence-corrected chi connectivity index (χ0v) is 8.90. The van der Waals surface area contributed by atoms with Gasteiger partial charge in [0, 0.05) is 6.42 Å². The molecular formula is C11H13NO4. The number of carbonyl (C=O) groups is 2. The summed E-state index contributed by atoms with van der Waals surface area (Å²) in [5.41, 5.74) is 0. The van der Waals surface area contributed by atoms with Gasteiger partial charge in [-0.05, 0) is 6.42 Å². The SMILES string of the molecule is C#CCOC(=O)CCC(=O)OCCCC#N. The minimum atomic E-state index is -0.521. The Hall–Kier alpha value is -2.01. The number of terminal acetylenes is 1. The molecular weight excluding hydrogens is 210 g/mol. The Morgan fingerprint density at radius 2 is 1.81 bits per heavy atom. The van der Waals surface area contributed by atoms with E-state index >= 15 is 0 Å². The highest BCUT2D eigenvalue weighted by Crippen LogP contribution is 1.97. The van der Waals surface area contributed by atoms with Gasteiger partial charge in [-0.2, -0.15) is 5.26 Å². The molecule has 86 valence electrons. The van der Waals surface area contributed by atoms with Crippen molar-refractivity contribution in [2.75, 3.05) is 13.2 Å². The summed E-state index contributed by atoms with van der Waals surface area (Å²) < 4.78 is 9.32. The third-order valence-electron chi connectivity index (χ3n) is 1.55. The van der Waals surface area contributed by atoms with Crippen LogP contribution in [0.25, 0.3) is 0 Å². The van der Waals surface area contributed by atoms with Gasteiger partial charge in [0.1, 0.15) is 0 Å². The molecule has 0 saturated carbocycles. The predicted molar refractivity (Wildman–Crippen MR) is 54.8 cm³/mol. The van der Waals surface area contributed by atoms with Crippen LogP contribution < -0.4 is 0 Å². The lowest BCUT2D eigenvalue weighted by atomic mass is 10.3. The standard InChI is InChI=1S/C11H13NO4/c1-2-8-15-10(13)5-6-11(14)16-9-4-3-7-12/h1H,3-6,8-9H2. The van der Waals surface area contributed by atoms with Crippen molar-refractivity contribution in [3.8, 4) is 18.4 Å². The predicted octanol–water partition coefficient (Wildman–Crippen LogP) is 0.790. The van der Waals surface area contributed by atoms with Crippen LogP contribution in [0, 0.1) is 23.7 Å². The highest BCUT2D eigenvalue weighted by atomic mass is 16.5. The van der Waals surface area contributed by atoms with Crippen LogP contribution in [0.4, 0.5) is 0 Å². The van der Waals surface area contributed by atoms with Gasteiger partial charge in [0.15, 0.2) is 6.61 Å². The van der Waals surface area contributed by atoms with E-state index in [1.807, 2.05) is 6.07 Å². The molecule has 0 aromatic rings. The van der Waals surface area contributed by atoms with Crippen LogP contribution in [-0.2, 0) is 19.1 Å². The van der Waals surface area contributed by atoms with Crippen LogP contribution in [0.15, 0.2) is 0 Å². The fraction of sp³-hybridized carbons (Fsp3) is 0.545. The number of hydrogen-bond donors (Lipinski definition) is 0. The van der Waals surface area contributed by atoms with E-state index < -0.39 is 11.9 Å². The topological polar surface area (TPSA) is 76.4 Å². The van der Waals surface area contributed by atoms with Gasteiger partial charge in [-0.3, -0.25) is 9.59 Å². The summed E-state index contributed by atoms with van der Waals surface area (Å²) in [5.74, 6) is 1.15. The van der Waals surface area contributed by atoms with Crippen molar-refractivity contribution in [3.63, 3.8) is 0 Å². The normalized spacial score (nSPS) is 8.62. The number of ether oxygens (including phenoxy) is 2. The molecule has 5 nitrogen and oxygen atoms in total. The number of unbranched alkanes of at least 4 members (excludes halogenated alkanes) is 1. The summed E-state index contributed by atoms with van der Waals surface area (Å²) >= 11 is 0. The molecule has 0 N–H and O–H groups in total. The van der Waals surface area contributed by atoms with Crippen LogP contribution in [0.3, 0.4) is 0 Å². The molecule has 0 aromatic heterocycles. The zero-order valence-electron chi connectivity index (χ0n) is 8.90. The smallest absolute Gasteiger partial charge is 0.307 e. The second-order valence-corrected chi connectivity index (χ2v) is 2.85. The molecule has 0 amide bonds. The van der Waals surface area contributed by atoms with Crippen molar-refractivity contribution < 1.29 is 19.1 Å². The van der Waals surface area contributed by atoms with Crippen LogP contribution in [-0.4, -0.2) is 25.2 Å². The maximum Gasteiger partial charge on any atom is 0.307 e. The van der Waals surface area contributed by atoms with E-state index in [1.54, 1.807) is 0 Å². The number of esters is 2. The Morgan fingerprint density at radius 3 is 2.38 bits per heavy atom. The highest BCUT2D eigenvalue weighted by Gasteiger charge is 2.08. The minimum absolute atomic E-state index is 0.0318. The van der Waals surface area contributed by atoms with Gasteiger partial charge in [0.2, 0.25) is 0 Å². The fourth-order valence-corrected chi connectivity index (χ4v) is 0.808. The summed E-state index contributed by atoms with van der Waals surface area (Å²) in [4.78, 5) is 21.9. The quantitative estimate of drug-likeness (QED) is 0.362. The Bertz CT molecular complexity index is 311. The Kier molecular flexibility index (Phi) is 8.34. The first kappa shape index (κ1) is 14.0. The first-order valence-corrected chi connectivity index (χ1v) is 4.82. The summed E-state index contributed by atoms with van der Waals surface area (Å²) in [6.45, 7) is 0.113. The van der Waals surface area contributed by atoms with Crippen molar-refractivity contribution in [2.45, 2.75) is 25.7 Å². The van der Waals surface area contributed by atoms with Crippen molar-refractivity contribution in [1.82, 2.24) is 0 Å². The average Bonchev–Trinajstić information content (AvgIpc) is 2.29. The minimum Gasteiger partial charge on any atom is -0.466 e. The number of rotatable bonds is 7. The maximum absolute atomic E-state index is 11.0. The summed E-state index contributed by atoms with van der Waals surface area (Å²) in [6, 6.07) is 1.93. The van der Waals surface area contributed by atoms with E-state index in [1.165, 1.54) is 0 Å². The van der Waals surface area contributed by atoms with Crippen LogP contribution >= 0.6 is 0 Å². The van der Waals surface area contributed by atoms with Crippen molar-refractivity contribution in [1.29, 1.82) is 5.26 Å². The first-order chi connectivity index (χ1) is 7.70. The second kappa shape index (κ2) is 9.54. The largest absolute Gasteiger partial charge is 0.466 e. The Balaban J connectivity index is 3.47. The summed E-state index contributed by atoms with van der Waals surface area (Å²) in [5, 5.41) is 8.22. The van der Waals surface area contributed by atoms with Gasteiger partial charge >= 0.3 is 11.9 Å². The molecule has 0 unspecified atom stereocenters. The Morgan fingerprint density at radius 1 is 1.19 bits per heavy atom. The average molecular weight is 223 g/mol. The molecule has 0 spiro atoms. The van der Waals surface area contributed by atoms with Crippen LogP contribution in [0.5, 0.6) is 0 Å². The monoisotopic (exact) mass is 223 g/mol. The van der Waals surface area contributed by atoms with Gasteiger partial charge in [0.05, 0.1) is 25.5 Å². The van der Waals surface area contributed by atoms with Crippen molar-refractivity contribution in [3.05, 3.63) is 0 Å². The number of nitrogens with zero attached hydrogens (tertiary/aromatic N) is 1. The lowest BCUT2D eigenvalue weighted by Crippen LogP contribution is -2.11. The fourth-order valence-electron chi connectivity index (χ4n) is 0.808. The third-order valence-corrected chi connectivity index (χ3v) is 1.55. The van der Waals surface area contributed by atoms with Gasteiger partial charge in [-0.1, -0.05) is 5.92 Å². The molecule has 16 heavy (non-hydrogen) atoms. The molecule has 0 fully saturated rings. The van der Waals surface area contributed by atoms with Gasteiger partial charge < -0.3 is 9.47 Å². The molecule has 5 heteroatoms. The molecule has 0 aliphatic carbocycles. The van der Waals surface area contributed by atoms with Crippen LogP contribution in [0.1, 0.15) is 25.7 Å². The van der Waals surface area contributed by atoms with E-state index in [0.717, 1.165) is 0 Å². The van der Waals surface area contributed by atoms with E-state index in [2.05, 4.69) is 10.7 Å². The zero-order chi connectivity index (χ0) is 12.2. The molecule has 0 radical (unpaired) electrons. The molecule has 0 aliphatic heterocycles.